The third-order valence-corrected chi connectivity index (χ3v) is 10.5. The summed E-state index contributed by atoms with van der Waals surface area (Å²) < 4.78 is 17.8. The van der Waals surface area contributed by atoms with E-state index in [1.807, 2.05) is 6.07 Å². The Kier molecular flexibility index (Phi) is 4.37. The van der Waals surface area contributed by atoms with E-state index in [1.165, 1.54) is 13.0 Å². The number of fused-ring (bicyclic) bond motifs is 3. The topological polar surface area (TPSA) is 89.3 Å². The van der Waals surface area contributed by atoms with E-state index < -0.39 is 0 Å². The number of rotatable bonds is 2. The van der Waals surface area contributed by atoms with Crippen LogP contribution in [0.15, 0.2) is 27.6 Å². The summed E-state index contributed by atoms with van der Waals surface area (Å²) in [4.78, 5) is 23.7. The second kappa shape index (κ2) is 6.69. The summed E-state index contributed by atoms with van der Waals surface area (Å²) in [5, 5.41) is 10.3. The van der Waals surface area contributed by atoms with Crippen LogP contribution in [0.4, 0.5) is 0 Å². The molecule has 1 saturated heterocycles. The third-order valence-electron chi connectivity index (χ3n) is 10.5. The number of esters is 1. The van der Waals surface area contributed by atoms with E-state index in [2.05, 4.69) is 13.8 Å². The molecule has 0 radical (unpaired) electrons. The van der Waals surface area contributed by atoms with Gasteiger partial charge in [0.25, 0.3) is 0 Å². The summed E-state index contributed by atoms with van der Waals surface area (Å²) in [5.41, 5.74) is 0.319. The Morgan fingerprint density at radius 1 is 1.12 bits per heavy atom. The fraction of sp³-hybridized carbons (Fsp3) is 0.769. The van der Waals surface area contributed by atoms with Crippen molar-refractivity contribution in [2.75, 3.05) is 0 Å². The molecule has 6 nitrogen and oxygen atoms in total. The standard InChI is InChI=1S/C26H34O6/c1-14(27)31-22-21(15-4-7-20(29)30-13-15)25(3)11-9-18-19(26(25)23(22)32-26)6-5-16-12-17(28)8-10-24(16,18)2/h4,7,13,16-19,21-23,28H,5-6,8-12H2,1-3H3/t16-,17-,18-,19-,21-,22-,23+,24-,25-,26-/m0/s1. The summed E-state index contributed by atoms with van der Waals surface area (Å²) >= 11 is 0. The van der Waals surface area contributed by atoms with Crippen LogP contribution in [-0.2, 0) is 14.3 Å². The number of epoxide rings is 1. The Hall–Kier alpha value is -1.66. The van der Waals surface area contributed by atoms with Gasteiger partial charge >= 0.3 is 11.6 Å². The number of hydrogen-bond acceptors (Lipinski definition) is 6. The molecule has 6 heteroatoms. The average molecular weight is 443 g/mol. The molecule has 4 saturated carbocycles. The van der Waals surface area contributed by atoms with E-state index in [1.54, 1.807) is 6.26 Å². The van der Waals surface area contributed by atoms with E-state index in [0.29, 0.717) is 17.8 Å². The van der Waals surface area contributed by atoms with Crippen molar-refractivity contribution in [3.05, 3.63) is 34.4 Å². The molecule has 6 rings (SSSR count). The van der Waals surface area contributed by atoms with Gasteiger partial charge in [-0.25, -0.2) is 4.79 Å². The van der Waals surface area contributed by atoms with Crippen LogP contribution in [0.1, 0.15) is 77.2 Å². The molecule has 0 unspecified atom stereocenters. The van der Waals surface area contributed by atoms with Gasteiger partial charge in [-0.05, 0) is 79.7 Å². The van der Waals surface area contributed by atoms with E-state index >= 15 is 0 Å². The quantitative estimate of drug-likeness (QED) is 0.554. The monoisotopic (exact) mass is 442 g/mol. The van der Waals surface area contributed by atoms with Crippen molar-refractivity contribution < 1.29 is 23.8 Å². The number of ether oxygens (including phenoxy) is 2. The molecule has 1 N–H and O–H groups in total. The lowest BCUT2D eigenvalue weighted by Gasteiger charge is -2.61. The van der Waals surface area contributed by atoms with Crippen LogP contribution in [-0.4, -0.2) is 35.0 Å². The van der Waals surface area contributed by atoms with Crippen LogP contribution in [0.2, 0.25) is 0 Å². The molecule has 1 aromatic rings. The number of hydrogen-bond donors (Lipinski definition) is 1. The van der Waals surface area contributed by atoms with Crippen LogP contribution in [0.5, 0.6) is 0 Å². The summed E-state index contributed by atoms with van der Waals surface area (Å²) in [6, 6.07) is 3.30. The molecular formula is C26H34O6. The number of aliphatic hydroxyl groups is 1. The number of carbonyl (C=O) groups is 1. The lowest BCUT2D eigenvalue weighted by Crippen LogP contribution is -2.58. The van der Waals surface area contributed by atoms with E-state index in [4.69, 9.17) is 13.9 Å². The van der Waals surface area contributed by atoms with Gasteiger partial charge in [0.05, 0.1) is 12.4 Å². The van der Waals surface area contributed by atoms with Crippen LogP contribution in [0.3, 0.4) is 0 Å². The van der Waals surface area contributed by atoms with Crippen LogP contribution in [0, 0.1) is 28.6 Å². The first-order valence-corrected chi connectivity index (χ1v) is 12.3. The number of aliphatic hydroxyl groups excluding tert-OH is 1. The minimum atomic E-state index is -0.369. The van der Waals surface area contributed by atoms with E-state index in [-0.39, 0.29) is 52.3 Å². The maximum Gasteiger partial charge on any atom is 0.335 e. The van der Waals surface area contributed by atoms with Crippen molar-refractivity contribution in [3.8, 4) is 0 Å². The first kappa shape index (κ1) is 20.9. The third kappa shape index (κ3) is 2.54. The highest BCUT2D eigenvalue weighted by Gasteiger charge is 2.84. The molecule has 174 valence electrons. The predicted octanol–water partition coefficient (Wildman–Crippen LogP) is 3.80. The SMILES string of the molecule is CC(=O)O[C@@H]1[C@H]2O[C@@]23[C@H]2CC[C@H]4C[C@@H](O)CC[C@]4(C)[C@H]2CC[C@@]3(C)[C@H]1c1ccc(=O)oc1. The van der Waals surface area contributed by atoms with E-state index in [9.17, 15) is 14.7 Å². The Morgan fingerprint density at radius 3 is 2.66 bits per heavy atom. The van der Waals surface area contributed by atoms with Gasteiger partial charge in [-0.1, -0.05) is 13.8 Å². The van der Waals surface area contributed by atoms with Gasteiger partial charge in [-0.2, -0.15) is 0 Å². The average Bonchev–Trinajstić information content (AvgIpc) is 3.44. The first-order valence-electron chi connectivity index (χ1n) is 12.3. The summed E-state index contributed by atoms with van der Waals surface area (Å²) in [5.74, 6) is 1.24. The molecule has 32 heavy (non-hydrogen) atoms. The normalized spacial score (nSPS) is 51.1. The molecule has 0 aromatic carbocycles. The molecule has 1 aromatic heterocycles. The lowest BCUT2D eigenvalue weighted by molar-refractivity contribution is -0.158. The fourth-order valence-electron chi connectivity index (χ4n) is 9.10. The van der Waals surface area contributed by atoms with Crippen molar-refractivity contribution in [2.45, 2.75) is 95.5 Å². The van der Waals surface area contributed by atoms with Crippen LogP contribution in [0.25, 0.3) is 0 Å². The summed E-state index contributed by atoms with van der Waals surface area (Å²) in [7, 11) is 0. The zero-order valence-corrected chi connectivity index (χ0v) is 19.2. The predicted molar refractivity (Wildman–Crippen MR) is 116 cm³/mol. The highest BCUT2D eigenvalue weighted by atomic mass is 16.7. The van der Waals surface area contributed by atoms with Gasteiger partial charge in [0.2, 0.25) is 0 Å². The number of carbonyl (C=O) groups excluding carboxylic acids is 1. The molecule has 2 heterocycles. The second-order valence-electron chi connectivity index (χ2n) is 11.6. The maximum absolute atomic E-state index is 12.1. The van der Waals surface area contributed by atoms with E-state index in [0.717, 1.165) is 50.5 Å². The smallest absolute Gasteiger partial charge is 0.335 e. The summed E-state index contributed by atoms with van der Waals surface area (Å²) in [6.07, 6.45) is 8.20. The summed E-state index contributed by atoms with van der Waals surface area (Å²) in [6.45, 7) is 6.23. The Labute approximate surface area is 188 Å². The van der Waals surface area contributed by atoms with Crippen molar-refractivity contribution in [1.29, 1.82) is 0 Å². The largest absolute Gasteiger partial charge is 0.459 e. The van der Waals surface area contributed by atoms with Gasteiger partial charge < -0.3 is 19.0 Å². The van der Waals surface area contributed by atoms with Gasteiger partial charge in [-0.15, -0.1) is 0 Å². The second-order valence-corrected chi connectivity index (χ2v) is 11.6. The highest BCUT2D eigenvalue weighted by Crippen LogP contribution is 2.78. The van der Waals surface area contributed by atoms with Gasteiger partial charge in [-0.3, -0.25) is 4.79 Å². The lowest BCUT2D eigenvalue weighted by atomic mass is 9.44. The van der Waals surface area contributed by atoms with Gasteiger partial charge in [0.15, 0.2) is 0 Å². The molecule has 1 spiro atoms. The van der Waals surface area contributed by atoms with Crippen LogP contribution >= 0.6 is 0 Å². The highest BCUT2D eigenvalue weighted by molar-refractivity contribution is 5.66. The maximum atomic E-state index is 12.1. The minimum absolute atomic E-state index is 0.0471. The van der Waals surface area contributed by atoms with Crippen LogP contribution < -0.4 is 5.63 Å². The molecule has 0 bridgehead atoms. The molecule has 4 aliphatic carbocycles. The molecule has 1 aliphatic heterocycles. The van der Waals surface area contributed by atoms with Crippen molar-refractivity contribution in [2.24, 2.45) is 28.6 Å². The molecule has 5 fully saturated rings. The zero-order chi connectivity index (χ0) is 22.5. The first-order chi connectivity index (χ1) is 15.2. The Bertz CT molecular complexity index is 982. The van der Waals surface area contributed by atoms with Gasteiger partial charge in [0, 0.05) is 24.3 Å². The molecule has 10 atom stereocenters. The zero-order valence-electron chi connectivity index (χ0n) is 19.2. The molecule has 5 aliphatic rings. The molecule has 0 amide bonds. The van der Waals surface area contributed by atoms with Gasteiger partial charge in [0.1, 0.15) is 17.8 Å². The Morgan fingerprint density at radius 2 is 1.94 bits per heavy atom. The molecular weight excluding hydrogens is 408 g/mol. The van der Waals surface area contributed by atoms with Crippen molar-refractivity contribution in [1.82, 2.24) is 0 Å². The minimum Gasteiger partial charge on any atom is -0.459 e. The van der Waals surface area contributed by atoms with Crippen molar-refractivity contribution >= 4 is 5.97 Å². The van der Waals surface area contributed by atoms with Crippen molar-refractivity contribution in [3.63, 3.8) is 0 Å². The fourth-order valence-corrected chi connectivity index (χ4v) is 9.10. The Balaban J connectivity index is 1.41.